The van der Waals surface area contributed by atoms with Gasteiger partial charge < -0.3 is 24.0 Å². The Morgan fingerprint density at radius 3 is 2.38 bits per heavy atom. The van der Waals surface area contributed by atoms with Gasteiger partial charge in [0, 0.05) is 50.6 Å². The number of likely N-dealkylation sites (tertiary alicyclic amines) is 1. The number of carbonyl (C=O) groups is 1. The van der Waals surface area contributed by atoms with E-state index in [-0.39, 0.29) is 16.6 Å². The molecule has 1 fully saturated rings. The van der Waals surface area contributed by atoms with Crippen LogP contribution in [0.5, 0.6) is 5.75 Å². The van der Waals surface area contributed by atoms with Gasteiger partial charge in [-0.2, -0.15) is 0 Å². The van der Waals surface area contributed by atoms with Gasteiger partial charge in [0.15, 0.2) is 5.65 Å². The molecule has 2 aromatic carbocycles. The zero-order chi connectivity index (χ0) is 33.6. The average Bonchev–Trinajstić information content (AvgIpc) is 3.51. The van der Waals surface area contributed by atoms with Crippen LogP contribution in [-0.2, 0) is 0 Å². The van der Waals surface area contributed by atoms with Crippen LogP contribution in [0, 0.1) is 11.6 Å². The van der Waals surface area contributed by atoms with Crippen molar-refractivity contribution in [3.05, 3.63) is 87.2 Å². The highest BCUT2D eigenvalue weighted by molar-refractivity contribution is 6.32. The first kappa shape index (κ1) is 34.3. The molecular formula is C36H43ClF2N5O3+. The molecule has 1 saturated heterocycles. The monoisotopic (exact) mass is 666 g/mol. The molecular weight excluding hydrogens is 624 g/mol. The van der Waals surface area contributed by atoms with Crippen molar-refractivity contribution in [3.63, 3.8) is 0 Å². The summed E-state index contributed by atoms with van der Waals surface area (Å²) in [6, 6.07) is 11.2. The summed E-state index contributed by atoms with van der Waals surface area (Å²) in [4.78, 5) is 33.2. The number of hydrogen-bond donors (Lipinski definition) is 1. The topological polar surface area (TPSA) is 76.5 Å². The van der Waals surface area contributed by atoms with Crippen LogP contribution < -0.4 is 20.4 Å². The van der Waals surface area contributed by atoms with Crippen molar-refractivity contribution in [2.45, 2.75) is 51.9 Å². The maximum atomic E-state index is 13.8. The van der Waals surface area contributed by atoms with Crippen molar-refractivity contribution in [3.8, 4) is 11.4 Å². The standard InChI is InChI=1S/C36H42ClF2N5O3/c1-4-44(17-9-10-18-44)16-8-6-5-7-11-19-47-32-14-12-28(23-31(32)37)43-24-30(36(46)40-27-21-25(38)20-26(39)22-27)34(45)29-13-15-33(42(2)3)41-35(29)43/h12-15,20-24H,4-11,16-19H2,1-3H3/p+1. The van der Waals surface area contributed by atoms with Gasteiger partial charge in [-0.15, -0.1) is 0 Å². The number of fused-ring (bicyclic) bond motifs is 1. The number of anilines is 2. The van der Waals surface area contributed by atoms with E-state index in [0.717, 1.165) is 25.0 Å². The molecule has 1 N–H and O–H groups in total. The van der Waals surface area contributed by atoms with Crippen LogP contribution in [0.4, 0.5) is 20.3 Å². The lowest BCUT2D eigenvalue weighted by atomic mass is 10.1. The molecule has 8 nitrogen and oxygen atoms in total. The maximum Gasteiger partial charge on any atom is 0.261 e. The zero-order valence-corrected chi connectivity index (χ0v) is 28.1. The summed E-state index contributed by atoms with van der Waals surface area (Å²) >= 11 is 6.67. The highest BCUT2D eigenvalue weighted by Crippen LogP contribution is 2.29. The average molecular weight is 667 g/mol. The number of rotatable bonds is 14. The quantitative estimate of drug-likeness (QED) is 0.111. The Morgan fingerprint density at radius 1 is 1.00 bits per heavy atom. The van der Waals surface area contributed by atoms with Crippen molar-refractivity contribution in [1.29, 1.82) is 0 Å². The number of benzene rings is 2. The number of ether oxygens (including phenoxy) is 1. The van der Waals surface area contributed by atoms with Gasteiger partial charge in [0.25, 0.3) is 5.91 Å². The van der Waals surface area contributed by atoms with Crippen molar-refractivity contribution in [2.75, 3.05) is 57.1 Å². The fraction of sp³-hybridized carbons (Fsp3) is 0.417. The minimum absolute atomic E-state index is 0.114. The first-order valence-electron chi connectivity index (χ1n) is 16.4. The molecule has 0 spiro atoms. The summed E-state index contributed by atoms with van der Waals surface area (Å²) in [6.07, 6.45) is 9.83. The second kappa shape index (κ2) is 15.3. The molecule has 0 bridgehead atoms. The molecule has 47 heavy (non-hydrogen) atoms. The highest BCUT2D eigenvalue weighted by atomic mass is 35.5. The van der Waals surface area contributed by atoms with Crippen molar-refractivity contribution in [1.82, 2.24) is 9.55 Å². The van der Waals surface area contributed by atoms with Gasteiger partial charge in [-0.3, -0.25) is 9.59 Å². The second-order valence-corrected chi connectivity index (χ2v) is 13.0. The molecule has 2 aromatic heterocycles. The van der Waals surface area contributed by atoms with Gasteiger partial charge >= 0.3 is 0 Å². The molecule has 0 unspecified atom stereocenters. The smallest absolute Gasteiger partial charge is 0.261 e. The third kappa shape index (κ3) is 8.29. The predicted molar refractivity (Wildman–Crippen MR) is 184 cm³/mol. The fourth-order valence-corrected chi connectivity index (χ4v) is 6.58. The number of halogens is 3. The number of nitrogens with one attached hydrogen (secondary N) is 1. The number of amides is 1. The van der Waals surface area contributed by atoms with Crippen molar-refractivity contribution in [2.24, 2.45) is 0 Å². The molecule has 250 valence electrons. The van der Waals surface area contributed by atoms with Gasteiger partial charge in [-0.25, -0.2) is 13.8 Å². The minimum Gasteiger partial charge on any atom is -0.492 e. The van der Waals surface area contributed by atoms with Gasteiger partial charge in [-0.1, -0.05) is 24.4 Å². The van der Waals surface area contributed by atoms with E-state index in [1.54, 1.807) is 39.8 Å². The lowest BCUT2D eigenvalue weighted by Gasteiger charge is -2.33. The Hall–Kier alpha value is -4.02. The number of quaternary nitrogens is 1. The van der Waals surface area contributed by atoms with E-state index < -0.39 is 23.0 Å². The Morgan fingerprint density at radius 2 is 1.70 bits per heavy atom. The van der Waals surface area contributed by atoms with Gasteiger partial charge in [-0.05, 0) is 68.7 Å². The van der Waals surface area contributed by atoms with E-state index in [0.29, 0.717) is 40.6 Å². The van der Waals surface area contributed by atoms with E-state index >= 15 is 0 Å². The van der Waals surface area contributed by atoms with Gasteiger partial charge in [0.2, 0.25) is 5.43 Å². The maximum absolute atomic E-state index is 13.8. The molecule has 3 heterocycles. The van der Waals surface area contributed by atoms with Crippen LogP contribution in [0.2, 0.25) is 5.02 Å². The largest absolute Gasteiger partial charge is 0.492 e. The van der Waals surface area contributed by atoms with Gasteiger partial charge in [0.1, 0.15) is 28.8 Å². The number of aromatic nitrogens is 2. The lowest BCUT2D eigenvalue weighted by Crippen LogP contribution is -2.45. The Kier molecular flexibility index (Phi) is 11.1. The van der Waals surface area contributed by atoms with E-state index in [9.17, 15) is 18.4 Å². The summed E-state index contributed by atoms with van der Waals surface area (Å²) in [5.41, 5.74) is -0.0533. The van der Waals surface area contributed by atoms with Crippen molar-refractivity contribution < 1.29 is 22.8 Å². The lowest BCUT2D eigenvalue weighted by molar-refractivity contribution is -0.915. The van der Waals surface area contributed by atoms with Crippen LogP contribution in [0.3, 0.4) is 0 Å². The van der Waals surface area contributed by atoms with Crippen LogP contribution >= 0.6 is 11.6 Å². The molecule has 0 aliphatic carbocycles. The first-order chi connectivity index (χ1) is 22.6. The van der Waals surface area contributed by atoms with E-state index in [1.807, 2.05) is 14.1 Å². The van der Waals surface area contributed by atoms with Crippen LogP contribution in [0.25, 0.3) is 16.7 Å². The normalized spacial score (nSPS) is 14.0. The molecule has 1 aliphatic rings. The Balaban J connectivity index is 1.29. The number of nitrogens with zero attached hydrogens (tertiary/aromatic N) is 4. The second-order valence-electron chi connectivity index (χ2n) is 12.6. The first-order valence-corrected chi connectivity index (χ1v) is 16.8. The molecule has 1 amide bonds. The Labute approximate surface area is 279 Å². The predicted octanol–water partition coefficient (Wildman–Crippen LogP) is 7.60. The van der Waals surface area contributed by atoms with Gasteiger partial charge in [0.05, 0.1) is 43.2 Å². The van der Waals surface area contributed by atoms with Crippen molar-refractivity contribution >= 4 is 40.0 Å². The van der Waals surface area contributed by atoms with E-state index in [1.165, 1.54) is 69.0 Å². The summed E-state index contributed by atoms with van der Waals surface area (Å²) in [5.74, 6) is -1.38. The summed E-state index contributed by atoms with van der Waals surface area (Å²) in [7, 11) is 3.66. The zero-order valence-electron chi connectivity index (χ0n) is 27.3. The SMILES string of the molecule is CC[N+]1(CCCCCCCOc2ccc(-n3cc(C(=O)Nc4cc(F)cc(F)c4)c(=O)c4ccc(N(C)C)nc43)cc2Cl)CCCC1. The number of unbranched alkanes of at least 4 members (excludes halogenated alkanes) is 4. The minimum atomic E-state index is -0.854. The summed E-state index contributed by atoms with van der Waals surface area (Å²) < 4.78 is 36.4. The molecule has 0 radical (unpaired) electrons. The van der Waals surface area contributed by atoms with Crippen LogP contribution in [0.15, 0.2) is 59.5 Å². The van der Waals surface area contributed by atoms with E-state index in [2.05, 4.69) is 17.2 Å². The molecule has 4 aromatic rings. The molecule has 1 aliphatic heterocycles. The third-order valence-corrected chi connectivity index (χ3v) is 9.37. The molecule has 11 heteroatoms. The molecule has 0 saturated carbocycles. The number of pyridine rings is 2. The van der Waals surface area contributed by atoms with Crippen LogP contribution in [0.1, 0.15) is 62.2 Å². The number of carbonyl (C=O) groups excluding carboxylic acids is 1. The third-order valence-electron chi connectivity index (χ3n) is 9.07. The van der Waals surface area contributed by atoms with E-state index in [4.69, 9.17) is 16.3 Å². The summed E-state index contributed by atoms with van der Waals surface area (Å²) in [6.45, 7) is 8.09. The van der Waals surface area contributed by atoms with Crippen LogP contribution in [-0.4, -0.2) is 66.8 Å². The Bertz CT molecular complexity index is 1770. The number of hydrogen-bond acceptors (Lipinski definition) is 5. The summed E-state index contributed by atoms with van der Waals surface area (Å²) in [5, 5.41) is 2.99. The fourth-order valence-electron chi connectivity index (χ4n) is 6.35. The molecule has 5 rings (SSSR count). The molecule has 0 atom stereocenters. The highest BCUT2D eigenvalue weighted by Gasteiger charge is 2.29.